The van der Waals surface area contributed by atoms with Gasteiger partial charge in [-0.1, -0.05) is 30.7 Å². The van der Waals surface area contributed by atoms with Crippen molar-refractivity contribution in [1.82, 2.24) is 0 Å². The molecule has 0 heterocycles. The Kier molecular flexibility index (Phi) is 8.26. The molecule has 0 saturated heterocycles. The minimum absolute atomic E-state index is 0.274. The summed E-state index contributed by atoms with van der Waals surface area (Å²) in [5.74, 6) is 3.23. The van der Waals surface area contributed by atoms with Crippen LogP contribution in [0.5, 0.6) is 5.75 Å². The van der Waals surface area contributed by atoms with Crippen LogP contribution in [0.3, 0.4) is 0 Å². The molecule has 152 valence electrons. The van der Waals surface area contributed by atoms with Crippen molar-refractivity contribution in [3.8, 4) is 5.75 Å². The van der Waals surface area contributed by atoms with Crippen LogP contribution in [0.15, 0.2) is 47.4 Å². The van der Waals surface area contributed by atoms with Gasteiger partial charge in [-0.25, -0.2) is 0 Å². The molecular formula is C24H33NO2S. The molecule has 3 nitrogen and oxygen atoms in total. The van der Waals surface area contributed by atoms with Crippen LogP contribution in [-0.2, 0) is 12.8 Å². The summed E-state index contributed by atoms with van der Waals surface area (Å²) >= 11 is 1.94. The number of hydrogen-bond donors (Lipinski definition) is 2. The minimum Gasteiger partial charge on any atom is -0.497 e. The van der Waals surface area contributed by atoms with Crippen molar-refractivity contribution >= 4 is 11.8 Å². The van der Waals surface area contributed by atoms with Gasteiger partial charge in [0.1, 0.15) is 5.75 Å². The predicted octanol–water partition coefficient (Wildman–Crippen LogP) is 4.80. The van der Waals surface area contributed by atoms with Gasteiger partial charge in [0, 0.05) is 17.3 Å². The van der Waals surface area contributed by atoms with E-state index in [1.54, 1.807) is 7.11 Å². The molecule has 4 heteroatoms. The summed E-state index contributed by atoms with van der Waals surface area (Å²) < 4.78 is 5.33. The Labute approximate surface area is 173 Å². The molecule has 1 aliphatic carbocycles. The first kappa shape index (κ1) is 21.2. The van der Waals surface area contributed by atoms with Crippen LogP contribution in [0.1, 0.15) is 48.3 Å². The molecule has 2 aromatic carbocycles. The van der Waals surface area contributed by atoms with Gasteiger partial charge in [-0.2, -0.15) is 0 Å². The molecular weight excluding hydrogens is 366 g/mol. The largest absolute Gasteiger partial charge is 0.497 e. The van der Waals surface area contributed by atoms with E-state index < -0.39 is 0 Å². The maximum absolute atomic E-state index is 9.01. The van der Waals surface area contributed by atoms with E-state index in [0.29, 0.717) is 12.5 Å². The molecule has 0 saturated carbocycles. The highest BCUT2D eigenvalue weighted by Crippen LogP contribution is 2.33. The molecule has 2 aromatic rings. The average Bonchev–Trinajstić information content (AvgIpc) is 2.75. The highest BCUT2D eigenvalue weighted by molar-refractivity contribution is 7.99. The number of hydrogen-bond acceptors (Lipinski definition) is 4. The third kappa shape index (κ3) is 5.76. The molecule has 0 unspecified atom stereocenters. The van der Waals surface area contributed by atoms with Gasteiger partial charge in [0.15, 0.2) is 0 Å². The first-order valence-electron chi connectivity index (χ1n) is 10.4. The Hall–Kier alpha value is -1.49. The van der Waals surface area contributed by atoms with Crippen LogP contribution in [0.4, 0.5) is 0 Å². The fourth-order valence-corrected chi connectivity index (χ4v) is 5.16. The Balaban J connectivity index is 1.57. The average molecular weight is 400 g/mol. The number of aryl methyl sites for hydroxylation is 1. The first-order chi connectivity index (χ1) is 13.7. The zero-order chi connectivity index (χ0) is 19.8. The standard InChI is InChI=1S/C24H33NO2S/c1-27-23-6-4-7-24(15-23)28-17-18-8-9-20-14-21(11-10-19(20)13-18)22(16-25)5-2-3-12-26/h4,6-7,10-11,14-15,18,22,26H,2-3,5,8-9,12-13,16-17,25H2,1H3/t18-,22+/m1/s1. The van der Waals surface area contributed by atoms with Gasteiger partial charge in [0.2, 0.25) is 0 Å². The quantitative estimate of drug-likeness (QED) is 0.445. The first-order valence-corrected chi connectivity index (χ1v) is 11.4. The summed E-state index contributed by atoms with van der Waals surface area (Å²) in [6.07, 6.45) is 6.57. The van der Waals surface area contributed by atoms with Gasteiger partial charge >= 0.3 is 0 Å². The van der Waals surface area contributed by atoms with Crippen molar-refractivity contribution in [2.24, 2.45) is 11.7 Å². The summed E-state index contributed by atoms with van der Waals surface area (Å²) in [5.41, 5.74) is 10.4. The van der Waals surface area contributed by atoms with E-state index in [9.17, 15) is 0 Å². The third-order valence-electron chi connectivity index (χ3n) is 5.80. The lowest BCUT2D eigenvalue weighted by Crippen LogP contribution is -2.18. The highest BCUT2D eigenvalue weighted by atomic mass is 32.2. The van der Waals surface area contributed by atoms with Crippen molar-refractivity contribution in [3.05, 3.63) is 59.2 Å². The molecule has 3 rings (SSSR count). The van der Waals surface area contributed by atoms with Gasteiger partial charge in [-0.05, 0) is 85.4 Å². The van der Waals surface area contributed by atoms with E-state index in [-0.39, 0.29) is 6.61 Å². The smallest absolute Gasteiger partial charge is 0.119 e. The SMILES string of the molecule is COc1cccc(SC[C@@H]2CCc3cc([C@H](CN)CCCCO)ccc3C2)c1. The van der Waals surface area contributed by atoms with Gasteiger partial charge < -0.3 is 15.6 Å². The number of methoxy groups -OCH3 is 1. The van der Waals surface area contributed by atoms with Crippen molar-refractivity contribution in [1.29, 1.82) is 0 Å². The van der Waals surface area contributed by atoms with Crippen LogP contribution >= 0.6 is 11.8 Å². The molecule has 0 fully saturated rings. The monoisotopic (exact) mass is 399 g/mol. The Morgan fingerprint density at radius 3 is 2.86 bits per heavy atom. The molecule has 0 radical (unpaired) electrons. The number of thioether (sulfide) groups is 1. The summed E-state index contributed by atoms with van der Waals surface area (Å²) in [6, 6.07) is 15.4. The van der Waals surface area contributed by atoms with Crippen LogP contribution in [0.2, 0.25) is 0 Å². The van der Waals surface area contributed by atoms with Gasteiger partial charge in [-0.3, -0.25) is 0 Å². The van der Waals surface area contributed by atoms with Gasteiger partial charge in [-0.15, -0.1) is 11.8 Å². The fourth-order valence-electron chi connectivity index (χ4n) is 4.07. The van der Waals surface area contributed by atoms with E-state index in [1.807, 2.05) is 17.8 Å². The van der Waals surface area contributed by atoms with Crippen molar-refractivity contribution in [2.75, 3.05) is 26.0 Å². The lowest BCUT2D eigenvalue weighted by molar-refractivity contribution is 0.281. The minimum atomic E-state index is 0.274. The molecule has 0 amide bonds. The fraction of sp³-hybridized carbons (Fsp3) is 0.500. The highest BCUT2D eigenvalue weighted by Gasteiger charge is 2.20. The summed E-state index contributed by atoms with van der Waals surface area (Å²) in [5, 5.41) is 9.01. The van der Waals surface area contributed by atoms with Crippen LogP contribution < -0.4 is 10.5 Å². The second kappa shape index (κ2) is 10.9. The second-order valence-corrected chi connectivity index (χ2v) is 8.87. The number of fused-ring (bicyclic) bond motifs is 1. The molecule has 0 bridgehead atoms. The van der Waals surface area contributed by atoms with Gasteiger partial charge in [0.05, 0.1) is 7.11 Å². The molecule has 1 aliphatic rings. The number of unbranched alkanes of at least 4 members (excludes halogenated alkanes) is 1. The zero-order valence-electron chi connectivity index (χ0n) is 16.9. The van der Waals surface area contributed by atoms with E-state index >= 15 is 0 Å². The van der Waals surface area contributed by atoms with E-state index in [1.165, 1.54) is 40.8 Å². The van der Waals surface area contributed by atoms with Gasteiger partial charge in [0.25, 0.3) is 0 Å². The van der Waals surface area contributed by atoms with Crippen molar-refractivity contribution in [2.45, 2.75) is 49.3 Å². The Bertz CT molecular complexity index is 749. The molecule has 2 atom stereocenters. The predicted molar refractivity (Wildman–Crippen MR) is 118 cm³/mol. The van der Waals surface area contributed by atoms with Crippen molar-refractivity contribution < 1.29 is 9.84 Å². The van der Waals surface area contributed by atoms with Crippen LogP contribution in [0.25, 0.3) is 0 Å². The number of rotatable bonds is 10. The number of aliphatic hydroxyl groups is 1. The molecule has 28 heavy (non-hydrogen) atoms. The van der Waals surface area contributed by atoms with E-state index in [0.717, 1.165) is 36.7 Å². The number of benzene rings is 2. The lowest BCUT2D eigenvalue weighted by atomic mass is 9.82. The topological polar surface area (TPSA) is 55.5 Å². The normalized spacial score (nSPS) is 17.2. The molecule has 0 spiro atoms. The third-order valence-corrected chi connectivity index (χ3v) is 7.03. The summed E-state index contributed by atoms with van der Waals surface area (Å²) in [4.78, 5) is 1.29. The molecule has 3 N–H and O–H groups in total. The number of ether oxygens (including phenoxy) is 1. The zero-order valence-corrected chi connectivity index (χ0v) is 17.7. The second-order valence-electron chi connectivity index (χ2n) is 7.78. The van der Waals surface area contributed by atoms with E-state index in [2.05, 4.69) is 36.4 Å². The molecule has 0 aromatic heterocycles. The maximum atomic E-state index is 9.01. The summed E-state index contributed by atoms with van der Waals surface area (Å²) in [6.45, 7) is 0.959. The lowest BCUT2D eigenvalue weighted by Gasteiger charge is -2.26. The van der Waals surface area contributed by atoms with Crippen LogP contribution in [-0.4, -0.2) is 31.1 Å². The Morgan fingerprint density at radius 1 is 1.18 bits per heavy atom. The van der Waals surface area contributed by atoms with Crippen LogP contribution in [0, 0.1) is 5.92 Å². The van der Waals surface area contributed by atoms with E-state index in [4.69, 9.17) is 15.6 Å². The summed E-state index contributed by atoms with van der Waals surface area (Å²) in [7, 11) is 1.72. The molecule has 0 aliphatic heterocycles. The number of nitrogens with two attached hydrogens (primary N) is 1. The van der Waals surface area contributed by atoms with Crippen molar-refractivity contribution in [3.63, 3.8) is 0 Å². The Morgan fingerprint density at radius 2 is 2.07 bits per heavy atom. The maximum Gasteiger partial charge on any atom is 0.119 e. The number of aliphatic hydroxyl groups excluding tert-OH is 1.